The zero-order valence-electron chi connectivity index (χ0n) is 18.8. The van der Waals surface area contributed by atoms with Crippen molar-refractivity contribution in [3.05, 3.63) is 107 Å². The number of benzene rings is 3. The van der Waals surface area contributed by atoms with Crippen LogP contribution in [0.4, 0.5) is 0 Å². The summed E-state index contributed by atoms with van der Waals surface area (Å²) in [5.74, 6) is 0.241. The molecule has 1 aliphatic rings. The Balaban J connectivity index is 1.64. The van der Waals surface area contributed by atoms with E-state index in [1.165, 1.54) is 22.3 Å². The van der Waals surface area contributed by atoms with E-state index in [9.17, 15) is 0 Å². The minimum absolute atomic E-state index is 0.0674. The molecule has 0 saturated carbocycles. The lowest BCUT2D eigenvalue weighted by molar-refractivity contribution is -0.0660. The zero-order chi connectivity index (χ0) is 21.8. The highest BCUT2D eigenvalue weighted by Gasteiger charge is 2.40. The summed E-state index contributed by atoms with van der Waals surface area (Å²) in [5.41, 5.74) is 7.02. The molecule has 0 spiro atoms. The van der Waals surface area contributed by atoms with Crippen LogP contribution in [0.2, 0.25) is 0 Å². The van der Waals surface area contributed by atoms with E-state index in [1.807, 2.05) is 18.2 Å². The van der Waals surface area contributed by atoms with E-state index in [0.717, 1.165) is 11.3 Å². The predicted molar refractivity (Wildman–Crippen MR) is 126 cm³/mol. The Labute approximate surface area is 185 Å². The minimum Gasteiger partial charge on any atom is -0.391 e. The van der Waals surface area contributed by atoms with E-state index in [-0.39, 0.29) is 24.0 Å². The molecule has 1 saturated heterocycles. The summed E-state index contributed by atoms with van der Waals surface area (Å²) >= 11 is 0. The highest BCUT2D eigenvalue weighted by molar-refractivity contribution is 5.90. The quantitative estimate of drug-likeness (QED) is 0.423. The second-order valence-electron chi connectivity index (χ2n) is 8.65. The van der Waals surface area contributed by atoms with Crippen LogP contribution in [0.1, 0.15) is 53.9 Å². The Kier molecular flexibility index (Phi) is 6.53. The van der Waals surface area contributed by atoms with Crippen molar-refractivity contribution in [1.82, 2.24) is 0 Å². The molecule has 0 N–H and O–H groups in total. The number of oxime groups is 1. The second kappa shape index (κ2) is 9.49. The maximum absolute atomic E-state index is 6.72. The molecule has 31 heavy (non-hydrogen) atoms. The van der Waals surface area contributed by atoms with E-state index >= 15 is 0 Å². The summed E-state index contributed by atoms with van der Waals surface area (Å²) in [5, 5.41) is 4.66. The SMILES string of the molecule is Cc1ccc(C2OC(c3ccc(C)cc3)C(C)C(=NOCc3ccccc3)C2C)cc1. The smallest absolute Gasteiger partial charge is 0.142 e. The number of nitrogens with zero attached hydrogens (tertiary/aromatic N) is 1. The second-order valence-corrected chi connectivity index (χ2v) is 8.65. The van der Waals surface area contributed by atoms with E-state index in [2.05, 4.69) is 93.5 Å². The summed E-state index contributed by atoms with van der Waals surface area (Å²) in [7, 11) is 0. The van der Waals surface area contributed by atoms with Crippen LogP contribution >= 0.6 is 0 Å². The van der Waals surface area contributed by atoms with Crippen molar-refractivity contribution in [3.63, 3.8) is 0 Å². The number of aryl methyl sites for hydroxylation is 2. The van der Waals surface area contributed by atoms with Gasteiger partial charge in [-0.2, -0.15) is 0 Å². The average Bonchev–Trinajstić information content (AvgIpc) is 2.78. The molecule has 4 unspecified atom stereocenters. The highest BCUT2D eigenvalue weighted by Crippen LogP contribution is 2.44. The fourth-order valence-electron chi connectivity index (χ4n) is 4.29. The van der Waals surface area contributed by atoms with Crippen molar-refractivity contribution < 1.29 is 9.57 Å². The highest BCUT2D eigenvalue weighted by atomic mass is 16.6. The molecule has 0 aliphatic carbocycles. The van der Waals surface area contributed by atoms with Crippen LogP contribution in [-0.2, 0) is 16.2 Å². The fraction of sp³-hybridized carbons (Fsp3) is 0.321. The Morgan fingerprint density at radius 2 is 1.19 bits per heavy atom. The molecule has 0 bridgehead atoms. The normalized spacial score (nSPS) is 23.4. The van der Waals surface area contributed by atoms with Crippen LogP contribution in [0, 0.1) is 25.7 Å². The van der Waals surface area contributed by atoms with E-state index in [4.69, 9.17) is 9.57 Å². The van der Waals surface area contributed by atoms with Crippen LogP contribution in [0.15, 0.2) is 84.0 Å². The molecule has 1 fully saturated rings. The van der Waals surface area contributed by atoms with Gasteiger partial charge in [0.25, 0.3) is 0 Å². The van der Waals surface area contributed by atoms with Crippen LogP contribution in [-0.4, -0.2) is 5.71 Å². The first-order valence-corrected chi connectivity index (χ1v) is 11.0. The number of ether oxygens (including phenoxy) is 1. The van der Waals surface area contributed by atoms with Crippen molar-refractivity contribution >= 4 is 5.71 Å². The standard InChI is InChI=1S/C28H31NO2/c1-19-10-14-24(15-11-19)27-21(3)26(29-30-18-23-8-6-5-7-9-23)22(4)28(31-27)25-16-12-20(2)13-17-25/h5-17,21-22,27-28H,18H2,1-4H3. The monoisotopic (exact) mass is 413 g/mol. The molecule has 3 heteroatoms. The summed E-state index contributed by atoms with van der Waals surface area (Å²) in [4.78, 5) is 5.84. The molecule has 0 radical (unpaired) electrons. The molecule has 1 aliphatic heterocycles. The first-order valence-electron chi connectivity index (χ1n) is 11.0. The van der Waals surface area contributed by atoms with E-state index < -0.39 is 0 Å². The Bertz CT molecular complexity index is 950. The first kappa shape index (κ1) is 21.3. The molecule has 0 aromatic heterocycles. The predicted octanol–water partition coefficient (Wildman–Crippen LogP) is 6.96. The van der Waals surface area contributed by atoms with Crippen LogP contribution in [0.5, 0.6) is 0 Å². The number of hydrogen-bond donors (Lipinski definition) is 0. The van der Waals surface area contributed by atoms with Gasteiger partial charge in [-0.05, 0) is 30.5 Å². The lowest BCUT2D eigenvalue weighted by Crippen LogP contribution is -2.38. The Hall–Kier alpha value is -2.91. The van der Waals surface area contributed by atoms with Crippen molar-refractivity contribution in [2.45, 2.75) is 46.5 Å². The van der Waals surface area contributed by atoms with Gasteiger partial charge in [-0.25, -0.2) is 0 Å². The summed E-state index contributed by atoms with van der Waals surface area (Å²) in [6.45, 7) is 9.07. The van der Waals surface area contributed by atoms with E-state index in [0.29, 0.717) is 6.61 Å². The lowest BCUT2D eigenvalue weighted by atomic mass is 9.79. The average molecular weight is 414 g/mol. The lowest BCUT2D eigenvalue weighted by Gasteiger charge is -2.40. The third-order valence-corrected chi connectivity index (χ3v) is 6.19. The van der Waals surface area contributed by atoms with Crippen molar-refractivity contribution in [3.8, 4) is 0 Å². The molecule has 0 amide bonds. The molecule has 3 aromatic carbocycles. The van der Waals surface area contributed by atoms with Gasteiger partial charge in [0, 0.05) is 11.8 Å². The molecule has 4 atom stereocenters. The molecular formula is C28H31NO2. The maximum Gasteiger partial charge on any atom is 0.142 e. The van der Waals surface area contributed by atoms with Gasteiger partial charge < -0.3 is 9.57 Å². The van der Waals surface area contributed by atoms with Gasteiger partial charge in [0.05, 0.1) is 17.9 Å². The molecular weight excluding hydrogens is 382 g/mol. The molecule has 1 heterocycles. The number of rotatable bonds is 5. The maximum atomic E-state index is 6.72. The van der Waals surface area contributed by atoms with Crippen molar-refractivity contribution in [2.75, 3.05) is 0 Å². The van der Waals surface area contributed by atoms with Gasteiger partial charge in [0.15, 0.2) is 0 Å². The van der Waals surface area contributed by atoms with Gasteiger partial charge in [-0.15, -0.1) is 0 Å². The Morgan fingerprint density at radius 1 is 0.710 bits per heavy atom. The van der Waals surface area contributed by atoms with Gasteiger partial charge >= 0.3 is 0 Å². The molecule has 3 aromatic rings. The van der Waals surface area contributed by atoms with Gasteiger partial charge in [0.2, 0.25) is 0 Å². The molecule has 160 valence electrons. The summed E-state index contributed by atoms with van der Waals surface area (Å²) in [6.07, 6.45) is -0.135. The van der Waals surface area contributed by atoms with Crippen molar-refractivity contribution in [2.24, 2.45) is 17.0 Å². The third-order valence-electron chi connectivity index (χ3n) is 6.19. The van der Waals surface area contributed by atoms with E-state index in [1.54, 1.807) is 0 Å². The minimum atomic E-state index is -0.0674. The van der Waals surface area contributed by atoms with Gasteiger partial charge in [0.1, 0.15) is 6.61 Å². The Morgan fingerprint density at radius 3 is 1.68 bits per heavy atom. The van der Waals surface area contributed by atoms with Crippen LogP contribution < -0.4 is 0 Å². The fourth-order valence-corrected chi connectivity index (χ4v) is 4.29. The van der Waals surface area contributed by atoms with Gasteiger partial charge in [-0.3, -0.25) is 0 Å². The summed E-state index contributed by atoms with van der Waals surface area (Å²) in [6, 6.07) is 27.4. The third kappa shape index (κ3) is 4.88. The van der Waals surface area contributed by atoms with Crippen LogP contribution in [0.3, 0.4) is 0 Å². The first-order chi connectivity index (χ1) is 15.0. The van der Waals surface area contributed by atoms with Crippen molar-refractivity contribution in [1.29, 1.82) is 0 Å². The molecule has 3 nitrogen and oxygen atoms in total. The zero-order valence-corrected chi connectivity index (χ0v) is 18.8. The largest absolute Gasteiger partial charge is 0.391 e. The topological polar surface area (TPSA) is 30.8 Å². The summed E-state index contributed by atoms with van der Waals surface area (Å²) < 4.78 is 6.72. The number of hydrogen-bond acceptors (Lipinski definition) is 3. The van der Waals surface area contributed by atoms with Crippen LogP contribution in [0.25, 0.3) is 0 Å². The molecule has 4 rings (SSSR count). The van der Waals surface area contributed by atoms with Gasteiger partial charge in [-0.1, -0.05) is 109 Å².